The molecule has 16 heteroatoms. The number of benzene rings is 1. The molecule has 8 rings (SSSR count). The van der Waals surface area contributed by atoms with Crippen LogP contribution in [0.5, 0.6) is 0 Å². The summed E-state index contributed by atoms with van der Waals surface area (Å²) in [6.07, 6.45) is 18.2. The number of likely N-dealkylation sites (tertiary alicyclic amines) is 1. The van der Waals surface area contributed by atoms with Crippen LogP contribution in [0.25, 0.3) is 6.08 Å². The van der Waals surface area contributed by atoms with Crippen LogP contribution in [0.4, 0.5) is 5.82 Å². The highest BCUT2D eigenvalue weighted by atomic mass is 32.2. The molecule has 2 N–H and O–H groups in total. The van der Waals surface area contributed by atoms with Gasteiger partial charge in [0.15, 0.2) is 11.5 Å². The number of carbonyl (C=O) groups is 5. The molecule has 15 nitrogen and oxygen atoms in total. The van der Waals surface area contributed by atoms with E-state index in [1.54, 1.807) is 29.4 Å². The zero-order chi connectivity index (χ0) is 45.0. The largest absolute Gasteiger partial charge is 0.355 e. The summed E-state index contributed by atoms with van der Waals surface area (Å²) in [6, 6.07) is 13.6. The molecule has 1 atom stereocenters. The summed E-state index contributed by atoms with van der Waals surface area (Å²) in [5.41, 5.74) is 2.95. The van der Waals surface area contributed by atoms with Gasteiger partial charge in [-0.1, -0.05) is 25.3 Å². The number of carbonyl (C=O) groups excluding carboxylic acids is 5. The van der Waals surface area contributed by atoms with Crippen LogP contribution >= 0.6 is 11.8 Å². The van der Waals surface area contributed by atoms with Crippen molar-refractivity contribution in [1.82, 2.24) is 45.4 Å². The summed E-state index contributed by atoms with van der Waals surface area (Å²) in [4.78, 5) is 78.7. The Hall–Kier alpha value is -5.19. The fraction of sp³-hybridized carbons (Fsp3) is 0.551. The molecule has 4 fully saturated rings. The van der Waals surface area contributed by atoms with E-state index in [0.717, 1.165) is 138 Å². The molecule has 1 aromatic carbocycles. The molecule has 4 saturated heterocycles. The molecule has 65 heavy (non-hydrogen) atoms. The lowest BCUT2D eigenvalue weighted by Crippen LogP contribution is -2.53. The number of fused-ring (bicyclic) bond motifs is 1. The Bertz CT molecular complexity index is 2130. The first-order valence-corrected chi connectivity index (χ1v) is 24.9. The number of aromatic nitrogens is 3. The van der Waals surface area contributed by atoms with E-state index in [1.807, 2.05) is 53.1 Å². The van der Waals surface area contributed by atoms with Gasteiger partial charge in [-0.15, -0.1) is 22.0 Å². The molecule has 346 valence electrons. The van der Waals surface area contributed by atoms with E-state index in [-0.39, 0.29) is 36.0 Å². The lowest BCUT2D eigenvalue weighted by molar-refractivity contribution is -0.137. The van der Waals surface area contributed by atoms with Gasteiger partial charge in [-0.05, 0) is 123 Å². The number of anilines is 1. The SMILES string of the molecule is O=C(/C=C/c1cccnc1)NCCCCC1CCN(C(=O)c2ccc(N3CCC(N4CCN(CCCCCSc5ccc6c(c5)CN(C5CCC(=O)NC5=O)C6=O)CC4)CC3)nn2)CC1. The van der Waals surface area contributed by atoms with E-state index < -0.39 is 6.04 Å². The van der Waals surface area contributed by atoms with Crippen LogP contribution in [0.3, 0.4) is 0 Å². The molecule has 5 amide bonds. The fourth-order valence-electron chi connectivity index (χ4n) is 9.93. The van der Waals surface area contributed by atoms with Gasteiger partial charge in [0.25, 0.3) is 11.8 Å². The van der Waals surface area contributed by atoms with Crippen molar-refractivity contribution in [1.29, 1.82) is 0 Å². The Balaban J connectivity index is 0.651. The molecule has 0 saturated carbocycles. The predicted octanol–water partition coefficient (Wildman–Crippen LogP) is 5.03. The maximum absolute atomic E-state index is 13.3. The van der Waals surface area contributed by atoms with Crippen molar-refractivity contribution in [2.75, 3.05) is 76.1 Å². The van der Waals surface area contributed by atoms with Gasteiger partial charge < -0.3 is 24.9 Å². The second kappa shape index (κ2) is 22.8. The van der Waals surface area contributed by atoms with Crippen LogP contribution in [-0.4, -0.2) is 148 Å². The number of hydrogen-bond donors (Lipinski definition) is 2. The van der Waals surface area contributed by atoms with E-state index in [2.05, 4.69) is 46.6 Å². The topological polar surface area (TPSA) is 164 Å². The number of piperidine rings is 3. The summed E-state index contributed by atoms with van der Waals surface area (Å²) in [5.74, 6) is 1.59. The molecule has 2 aromatic heterocycles. The third kappa shape index (κ3) is 12.6. The van der Waals surface area contributed by atoms with E-state index in [9.17, 15) is 24.0 Å². The summed E-state index contributed by atoms with van der Waals surface area (Å²) < 4.78 is 0. The number of thioether (sulfide) groups is 1. The van der Waals surface area contributed by atoms with Crippen molar-refractivity contribution in [3.8, 4) is 0 Å². The molecule has 3 aromatic rings. The van der Waals surface area contributed by atoms with Crippen LogP contribution < -0.4 is 15.5 Å². The number of unbranched alkanes of at least 4 members (excludes halogenated alkanes) is 3. The normalized spacial score (nSPS) is 20.4. The maximum Gasteiger partial charge on any atom is 0.274 e. The number of pyridine rings is 1. The van der Waals surface area contributed by atoms with Gasteiger partial charge in [0.05, 0.1) is 0 Å². The van der Waals surface area contributed by atoms with Crippen molar-refractivity contribution in [3.63, 3.8) is 0 Å². The third-order valence-corrected chi connectivity index (χ3v) is 14.9. The van der Waals surface area contributed by atoms with Crippen molar-refractivity contribution < 1.29 is 24.0 Å². The minimum absolute atomic E-state index is 0.0310. The quantitative estimate of drug-likeness (QED) is 0.0759. The summed E-state index contributed by atoms with van der Waals surface area (Å²) in [5, 5.41) is 14.2. The molecular weight excluding hydrogens is 841 g/mol. The molecule has 0 bridgehead atoms. The number of nitrogens with zero attached hydrogens (tertiary/aromatic N) is 8. The first-order valence-electron chi connectivity index (χ1n) is 23.9. The number of hydrogen-bond acceptors (Lipinski definition) is 12. The Morgan fingerprint density at radius 3 is 2.43 bits per heavy atom. The van der Waals surface area contributed by atoms with E-state index >= 15 is 0 Å². The van der Waals surface area contributed by atoms with Crippen molar-refractivity contribution in [3.05, 3.63) is 83.3 Å². The third-order valence-electron chi connectivity index (χ3n) is 13.8. The molecule has 0 radical (unpaired) electrons. The van der Waals surface area contributed by atoms with Gasteiger partial charge in [-0.3, -0.25) is 39.2 Å². The van der Waals surface area contributed by atoms with Crippen LogP contribution in [0.1, 0.15) is 109 Å². The Labute approximate surface area is 387 Å². The zero-order valence-corrected chi connectivity index (χ0v) is 38.4. The Morgan fingerprint density at radius 1 is 0.846 bits per heavy atom. The highest BCUT2D eigenvalue weighted by molar-refractivity contribution is 7.99. The molecule has 0 spiro atoms. The number of nitrogens with one attached hydrogen (secondary N) is 2. The lowest BCUT2D eigenvalue weighted by Gasteiger charge is -2.43. The number of rotatable bonds is 18. The molecule has 5 aliphatic heterocycles. The minimum atomic E-state index is -0.580. The standard InChI is InChI=1S/C49H64N10O5S/c60-45(15-9-37-8-6-21-50-34-37)51-22-3-2-7-36-17-24-58(25-18-36)49(64)42-12-14-44(54-53-42)57-26-19-39(20-27-57)56-30-28-55(29-31-56)23-4-1-5-32-65-40-10-11-41-38(33-40)35-59(48(41)63)43-13-16-46(61)52-47(43)62/h6,8-12,14-15,21,33-34,36,39,43H,1-5,7,13,16-20,22-32,35H2,(H,51,60)(H,52,61,62)/b15-9+. The molecule has 0 aliphatic carbocycles. The van der Waals surface area contributed by atoms with Gasteiger partial charge in [-0.2, -0.15) is 0 Å². The maximum atomic E-state index is 13.3. The van der Waals surface area contributed by atoms with E-state index in [4.69, 9.17) is 0 Å². The number of amides is 5. The highest BCUT2D eigenvalue weighted by Crippen LogP contribution is 2.32. The summed E-state index contributed by atoms with van der Waals surface area (Å²) in [6.45, 7) is 10.0. The van der Waals surface area contributed by atoms with Crippen LogP contribution in [0.2, 0.25) is 0 Å². The summed E-state index contributed by atoms with van der Waals surface area (Å²) in [7, 11) is 0. The van der Waals surface area contributed by atoms with Crippen LogP contribution in [0.15, 0.2) is 65.8 Å². The smallest absolute Gasteiger partial charge is 0.274 e. The second-order valence-electron chi connectivity index (χ2n) is 18.1. The molecular formula is C49H64N10O5S. The second-order valence-corrected chi connectivity index (χ2v) is 19.3. The highest BCUT2D eigenvalue weighted by Gasteiger charge is 2.39. The van der Waals surface area contributed by atoms with E-state index in [1.165, 1.54) is 12.8 Å². The van der Waals surface area contributed by atoms with Crippen LogP contribution in [0, 0.1) is 5.92 Å². The number of piperazine rings is 1. The van der Waals surface area contributed by atoms with Gasteiger partial charge in [-0.25, -0.2) is 0 Å². The lowest BCUT2D eigenvalue weighted by atomic mass is 9.91. The van der Waals surface area contributed by atoms with Crippen LogP contribution in [-0.2, 0) is 20.9 Å². The zero-order valence-electron chi connectivity index (χ0n) is 37.6. The number of imide groups is 1. The van der Waals surface area contributed by atoms with Gasteiger partial charge >= 0.3 is 0 Å². The minimum Gasteiger partial charge on any atom is -0.355 e. The van der Waals surface area contributed by atoms with E-state index in [0.29, 0.717) is 42.7 Å². The fourth-order valence-corrected chi connectivity index (χ4v) is 10.9. The average Bonchev–Trinajstić information content (AvgIpc) is 3.66. The predicted molar refractivity (Wildman–Crippen MR) is 251 cm³/mol. The van der Waals surface area contributed by atoms with Crippen molar-refractivity contribution >= 4 is 53.2 Å². The first kappa shape index (κ1) is 46.3. The Morgan fingerprint density at radius 2 is 1.68 bits per heavy atom. The van der Waals surface area contributed by atoms with Gasteiger partial charge in [0.2, 0.25) is 17.7 Å². The van der Waals surface area contributed by atoms with Gasteiger partial charge in [0, 0.05) is 107 Å². The monoisotopic (exact) mass is 904 g/mol. The summed E-state index contributed by atoms with van der Waals surface area (Å²) >= 11 is 1.83. The molecule has 1 unspecified atom stereocenters. The average molecular weight is 905 g/mol. The molecule has 7 heterocycles. The Kier molecular flexibility index (Phi) is 16.3. The first-order chi connectivity index (χ1) is 31.8. The van der Waals surface area contributed by atoms with Crippen molar-refractivity contribution in [2.45, 2.75) is 101 Å². The van der Waals surface area contributed by atoms with Crippen molar-refractivity contribution in [2.24, 2.45) is 5.92 Å². The molecule has 5 aliphatic rings. The van der Waals surface area contributed by atoms with Gasteiger partial charge in [0.1, 0.15) is 6.04 Å².